The molecule has 1 aromatic carbocycles. The average molecular weight is 463 g/mol. The molecule has 0 bridgehead atoms. The van der Waals surface area contributed by atoms with Crippen molar-refractivity contribution in [1.29, 1.82) is 0 Å². The Kier molecular flexibility index (Phi) is 8.09. The first-order valence-corrected chi connectivity index (χ1v) is 11.7. The quantitative estimate of drug-likeness (QED) is 0.558. The van der Waals surface area contributed by atoms with Crippen LogP contribution in [0.3, 0.4) is 0 Å². The molecule has 0 saturated heterocycles. The van der Waals surface area contributed by atoms with E-state index in [1.54, 1.807) is 38.1 Å². The minimum atomic E-state index is -0.547. The SMILES string of the molecule is CCOC(=O)c1c(NC(=O)Cc2ccc(Cl)cc2)sc(C(=O)NC2CCCCC2)c1C. The average Bonchev–Trinajstić information content (AvgIpc) is 3.06. The van der Waals surface area contributed by atoms with E-state index in [1.165, 1.54) is 6.42 Å². The van der Waals surface area contributed by atoms with Crippen LogP contribution >= 0.6 is 22.9 Å². The van der Waals surface area contributed by atoms with E-state index in [0.717, 1.165) is 42.6 Å². The topological polar surface area (TPSA) is 84.5 Å². The standard InChI is InChI=1S/C23H27ClN2O4S/c1-3-30-23(29)19-14(2)20(21(28)25-17-7-5-4-6-8-17)31-22(19)26-18(27)13-15-9-11-16(24)12-10-15/h9-12,17H,3-8,13H2,1-2H3,(H,25,28)(H,26,27). The number of hydrogen-bond acceptors (Lipinski definition) is 5. The van der Waals surface area contributed by atoms with E-state index in [1.807, 2.05) is 0 Å². The molecule has 8 heteroatoms. The minimum absolute atomic E-state index is 0.125. The Hall–Kier alpha value is -2.38. The third-order valence-electron chi connectivity index (χ3n) is 5.30. The Morgan fingerprint density at radius 3 is 2.45 bits per heavy atom. The number of amides is 2. The molecular formula is C23H27ClN2O4S. The van der Waals surface area contributed by atoms with Gasteiger partial charge >= 0.3 is 5.97 Å². The first kappa shape index (κ1) is 23.3. The summed E-state index contributed by atoms with van der Waals surface area (Å²) >= 11 is 7.01. The zero-order valence-electron chi connectivity index (χ0n) is 17.8. The van der Waals surface area contributed by atoms with E-state index in [9.17, 15) is 14.4 Å². The lowest BCUT2D eigenvalue weighted by Gasteiger charge is -2.22. The van der Waals surface area contributed by atoms with Gasteiger partial charge in [-0.2, -0.15) is 0 Å². The second kappa shape index (κ2) is 10.8. The number of esters is 1. The van der Waals surface area contributed by atoms with Crippen molar-refractivity contribution < 1.29 is 19.1 Å². The summed E-state index contributed by atoms with van der Waals surface area (Å²) in [7, 11) is 0. The van der Waals surface area contributed by atoms with Gasteiger partial charge in [-0.1, -0.05) is 43.0 Å². The second-order valence-electron chi connectivity index (χ2n) is 7.64. The van der Waals surface area contributed by atoms with Crippen molar-refractivity contribution in [3.8, 4) is 0 Å². The molecule has 1 heterocycles. The molecule has 2 N–H and O–H groups in total. The summed E-state index contributed by atoms with van der Waals surface area (Å²) in [4.78, 5) is 38.5. The van der Waals surface area contributed by atoms with E-state index in [2.05, 4.69) is 10.6 Å². The van der Waals surface area contributed by atoms with Gasteiger partial charge in [0.15, 0.2) is 0 Å². The first-order valence-electron chi connectivity index (χ1n) is 10.5. The molecule has 1 aliphatic carbocycles. The van der Waals surface area contributed by atoms with Gasteiger partial charge in [-0.15, -0.1) is 11.3 Å². The number of rotatable bonds is 7. The summed E-state index contributed by atoms with van der Waals surface area (Å²) in [6.45, 7) is 3.64. The molecule has 0 unspecified atom stereocenters. The van der Waals surface area contributed by atoms with Crippen molar-refractivity contribution in [1.82, 2.24) is 5.32 Å². The van der Waals surface area contributed by atoms with Crippen LogP contribution in [0.4, 0.5) is 5.00 Å². The fourth-order valence-corrected chi connectivity index (χ4v) is 4.96. The molecule has 2 aromatic rings. The van der Waals surface area contributed by atoms with Gasteiger partial charge in [0, 0.05) is 11.1 Å². The molecule has 1 aromatic heterocycles. The van der Waals surface area contributed by atoms with Crippen molar-refractivity contribution in [2.75, 3.05) is 11.9 Å². The van der Waals surface area contributed by atoms with Crippen LogP contribution in [0, 0.1) is 6.92 Å². The molecular weight excluding hydrogens is 436 g/mol. The predicted molar refractivity (Wildman–Crippen MR) is 123 cm³/mol. The smallest absolute Gasteiger partial charge is 0.341 e. The van der Waals surface area contributed by atoms with E-state index in [0.29, 0.717) is 20.5 Å². The van der Waals surface area contributed by atoms with Crippen LogP contribution in [-0.4, -0.2) is 30.4 Å². The number of ether oxygens (including phenoxy) is 1. The predicted octanol–water partition coefficient (Wildman–Crippen LogP) is 5.13. The van der Waals surface area contributed by atoms with Gasteiger partial charge in [-0.3, -0.25) is 9.59 Å². The highest BCUT2D eigenvalue weighted by Gasteiger charge is 2.28. The van der Waals surface area contributed by atoms with Gasteiger partial charge in [0.25, 0.3) is 5.91 Å². The van der Waals surface area contributed by atoms with Gasteiger partial charge in [0.2, 0.25) is 5.91 Å². The Morgan fingerprint density at radius 1 is 1.13 bits per heavy atom. The number of halogens is 1. The molecule has 6 nitrogen and oxygen atoms in total. The minimum Gasteiger partial charge on any atom is -0.462 e. The van der Waals surface area contributed by atoms with Crippen LogP contribution in [0.1, 0.15) is 70.2 Å². The highest BCUT2D eigenvalue weighted by molar-refractivity contribution is 7.18. The van der Waals surface area contributed by atoms with E-state index < -0.39 is 5.97 Å². The van der Waals surface area contributed by atoms with Crippen LogP contribution in [0.25, 0.3) is 0 Å². The van der Waals surface area contributed by atoms with E-state index in [4.69, 9.17) is 16.3 Å². The third kappa shape index (κ3) is 6.08. The summed E-state index contributed by atoms with van der Waals surface area (Å²) in [5.41, 5.74) is 1.56. The van der Waals surface area contributed by atoms with Crippen LogP contribution in [0.15, 0.2) is 24.3 Å². The molecule has 0 spiro atoms. The molecule has 3 rings (SSSR count). The van der Waals surface area contributed by atoms with Crippen molar-refractivity contribution in [2.24, 2.45) is 0 Å². The number of anilines is 1. The molecule has 0 atom stereocenters. The van der Waals surface area contributed by atoms with Gasteiger partial charge in [-0.25, -0.2) is 4.79 Å². The maximum absolute atomic E-state index is 12.9. The number of benzene rings is 1. The van der Waals surface area contributed by atoms with Crippen LogP contribution < -0.4 is 10.6 Å². The lowest BCUT2D eigenvalue weighted by Crippen LogP contribution is -2.36. The normalized spacial score (nSPS) is 14.2. The molecule has 1 saturated carbocycles. The molecule has 0 radical (unpaired) electrons. The Morgan fingerprint density at radius 2 is 1.81 bits per heavy atom. The van der Waals surface area contributed by atoms with E-state index >= 15 is 0 Å². The fourth-order valence-electron chi connectivity index (χ4n) is 3.72. The first-order chi connectivity index (χ1) is 14.9. The number of nitrogens with one attached hydrogen (secondary N) is 2. The molecule has 166 valence electrons. The number of hydrogen-bond donors (Lipinski definition) is 2. The van der Waals surface area contributed by atoms with Crippen LogP contribution in [0.5, 0.6) is 0 Å². The molecule has 31 heavy (non-hydrogen) atoms. The fraction of sp³-hybridized carbons (Fsp3) is 0.435. The van der Waals surface area contributed by atoms with Crippen molar-refractivity contribution >= 4 is 45.7 Å². The Labute approximate surface area is 191 Å². The summed E-state index contributed by atoms with van der Waals surface area (Å²) in [5, 5.41) is 6.81. The molecule has 1 fully saturated rings. The van der Waals surface area contributed by atoms with Gasteiger partial charge in [0.05, 0.1) is 23.5 Å². The Balaban J connectivity index is 1.80. The zero-order chi connectivity index (χ0) is 22.4. The second-order valence-corrected chi connectivity index (χ2v) is 9.10. The van der Waals surface area contributed by atoms with E-state index in [-0.39, 0.29) is 36.4 Å². The largest absolute Gasteiger partial charge is 0.462 e. The maximum atomic E-state index is 12.9. The van der Waals surface area contributed by atoms with Crippen LogP contribution in [-0.2, 0) is 16.0 Å². The Bertz CT molecular complexity index is 949. The monoisotopic (exact) mass is 462 g/mol. The maximum Gasteiger partial charge on any atom is 0.341 e. The van der Waals surface area contributed by atoms with Gasteiger partial charge < -0.3 is 15.4 Å². The molecule has 1 aliphatic rings. The number of carbonyl (C=O) groups is 3. The highest BCUT2D eigenvalue weighted by Crippen LogP contribution is 2.34. The van der Waals surface area contributed by atoms with Gasteiger partial charge in [0.1, 0.15) is 5.00 Å². The number of carbonyl (C=O) groups excluding carboxylic acids is 3. The summed E-state index contributed by atoms with van der Waals surface area (Å²) in [6, 6.07) is 7.14. The van der Waals surface area contributed by atoms with Gasteiger partial charge in [-0.05, 0) is 49.9 Å². The van der Waals surface area contributed by atoms with Crippen molar-refractivity contribution in [2.45, 2.75) is 58.4 Å². The summed E-state index contributed by atoms with van der Waals surface area (Å²) in [6.07, 6.45) is 5.46. The summed E-state index contributed by atoms with van der Waals surface area (Å²) in [5.74, 6) is -1.04. The lowest BCUT2D eigenvalue weighted by molar-refractivity contribution is -0.115. The van der Waals surface area contributed by atoms with Crippen LogP contribution in [0.2, 0.25) is 5.02 Å². The van der Waals surface area contributed by atoms with Crippen molar-refractivity contribution in [3.63, 3.8) is 0 Å². The zero-order valence-corrected chi connectivity index (χ0v) is 19.3. The molecule has 2 amide bonds. The highest BCUT2D eigenvalue weighted by atomic mass is 35.5. The molecule has 0 aliphatic heterocycles. The third-order valence-corrected chi connectivity index (χ3v) is 6.76. The lowest BCUT2D eigenvalue weighted by atomic mass is 9.95. The summed E-state index contributed by atoms with van der Waals surface area (Å²) < 4.78 is 5.18. The van der Waals surface area contributed by atoms with Crippen molar-refractivity contribution in [3.05, 3.63) is 50.9 Å². The number of thiophene rings is 1.